The summed E-state index contributed by atoms with van der Waals surface area (Å²) in [6.45, 7) is 11.5. The molecule has 1 saturated heterocycles. The maximum atomic E-state index is 13.0. The molecule has 1 fully saturated rings. The van der Waals surface area contributed by atoms with Crippen LogP contribution in [0, 0.1) is 5.41 Å². The topological polar surface area (TPSA) is 62.3 Å². The molecule has 2 aliphatic heterocycles. The molecule has 0 N–H and O–H groups in total. The first-order valence-corrected chi connectivity index (χ1v) is 17.6. The molecule has 2 aromatic carbocycles. The number of ether oxygens (including phenoxy) is 2. The van der Waals surface area contributed by atoms with Gasteiger partial charge in [0.05, 0.1) is 33.4 Å². The molecule has 2 heterocycles. The number of hydrogen-bond donors (Lipinski definition) is 0. The molecule has 45 heavy (non-hydrogen) atoms. The van der Waals surface area contributed by atoms with Gasteiger partial charge in [0.15, 0.2) is 6.73 Å². The average molecular weight is 661 g/mol. The van der Waals surface area contributed by atoms with Crippen LogP contribution in [-0.2, 0) is 20.7 Å². The fraction of sp³-hybridized carbons (Fsp3) is 0.611. The third-order valence-electron chi connectivity index (χ3n) is 9.07. The Bertz CT molecular complexity index is 1260. The van der Waals surface area contributed by atoms with Crippen LogP contribution < -0.4 is 14.5 Å². The molecule has 0 bridgehead atoms. The van der Waals surface area contributed by atoms with E-state index in [1.807, 2.05) is 50.2 Å². The van der Waals surface area contributed by atoms with Crippen molar-refractivity contribution >= 4 is 46.5 Å². The smallest absolute Gasteiger partial charge is 0.313 e. The summed E-state index contributed by atoms with van der Waals surface area (Å²) in [4.78, 5) is 32.2. The monoisotopic (exact) mass is 659 g/mol. The summed E-state index contributed by atoms with van der Waals surface area (Å²) in [7, 11) is 0. The molecule has 0 aliphatic carbocycles. The van der Waals surface area contributed by atoms with Crippen molar-refractivity contribution in [3.63, 3.8) is 0 Å². The predicted molar refractivity (Wildman–Crippen MR) is 185 cm³/mol. The van der Waals surface area contributed by atoms with Crippen molar-refractivity contribution in [3.8, 4) is 5.75 Å². The fourth-order valence-corrected chi connectivity index (χ4v) is 6.51. The van der Waals surface area contributed by atoms with E-state index in [9.17, 15) is 9.59 Å². The van der Waals surface area contributed by atoms with E-state index in [1.54, 1.807) is 4.90 Å². The largest absolute Gasteiger partial charge is 0.494 e. The molecule has 7 nitrogen and oxygen atoms in total. The third kappa shape index (κ3) is 10.3. The van der Waals surface area contributed by atoms with E-state index in [4.69, 9.17) is 32.7 Å². The molecular weight excluding hydrogens is 609 g/mol. The van der Waals surface area contributed by atoms with Gasteiger partial charge in [-0.2, -0.15) is 0 Å². The van der Waals surface area contributed by atoms with Gasteiger partial charge in [0.25, 0.3) is 0 Å². The summed E-state index contributed by atoms with van der Waals surface area (Å²) < 4.78 is 11.8. The molecule has 0 spiro atoms. The molecule has 0 atom stereocenters. The first-order valence-electron chi connectivity index (χ1n) is 16.8. The van der Waals surface area contributed by atoms with E-state index >= 15 is 0 Å². The molecule has 0 saturated carbocycles. The van der Waals surface area contributed by atoms with Gasteiger partial charge in [-0.05, 0) is 69.8 Å². The molecular formula is C36H51Cl2N3O4. The average Bonchev–Trinajstić information content (AvgIpc) is 3.03. The van der Waals surface area contributed by atoms with Gasteiger partial charge in [-0.25, -0.2) is 0 Å². The molecule has 4 rings (SSSR count). The lowest BCUT2D eigenvalue weighted by atomic mass is 9.87. The summed E-state index contributed by atoms with van der Waals surface area (Å²) >= 11 is 12.6. The second-order valence-corrected chi connectivity index (χ2v) is 13.8. The lowest BCUT2D eigenvalue weighted by molar-refractivity contribution is -0.154. The van der Waals surface area contributed by atoms with Gasteiger partial charge in [-0.3, -0.25) is 19.4 Å². The zero-order valence-electron chi connectivity index (χ0n) is 27.4. The van der Waals surface area contributed by atoms with E-state index in [0.717, 1.165) is 87.5 Å². The summed E-state index contributed by atoms with van der Waals surface area (Å²) in [6, 6.07) is 11.7. The number of carbonyl (C=O) groups excluding carboxylic acids is 2. The van der Waals surface area contributed by atoms with Crippen molar-refractivity contribution < 1.29 is 19.1 Å². The van der Waals surface area contributed by atoms with Gasteiger partial charge < -0.3 is 14.4 Å². The Morgan fingerprint density at radius 2 is 1.64 bits per heavy atom. The van der Waals surface area contributed by atoms with Crippen LogP contribution in [0.2, 0.25) is 10.0 Å². The van der Waals surface area contributed by atoms with Crippen LogP contribution in [0.4, 0.5) is 11.4 Å². The molecule has 9 heteroatoms. The van der Waals surface area contributed by atoms with Crippen molar-refractivity contribution in [2.45, 2.75) is 91.4 Å². The molecule has 248 valence electrons. The number of carbonyl (C=O) groups is 2. The number of hydrogen-bond acceptors (Lipinski definition) is 6. The summed E-state index contributed by atoms with van der Waals surface area (Å²) in [5, 5.41) is 1.22. The lowest BCUT2D eigenvalue weighted by Crippen LogP contribution is -2.46. The number of fused-ring (bicyclic) bond motifs is 1. The molecule has 2 aromatic rings. The number of nitrogens with zero attached hydrogens (tertiary/aromatic N) is 3. The quantitative estimate of drug-likeness (QED) is 0.125. The number of rotatable bonds is 17. The Labute approximate surface area is 280 Å². The van der Waals surface area contributed by atoms with Crippen molar-refractivity contribution in [2.75, 3.05) is 55.9 Å². The van der Waals surface area contributed by atoms with E-state index in [2.05, 4.69) is 16.7 Å². The van der Waals surface area contributed by atoms with Crippen LogP contribution >= 0.6 is 23.2 Å². The van der Waals surface area contributed by atoms with E-state index in [-0.39, 0.29) is 18.6 Å². The second-order valence-electron chi connectivity index (χ2n) is 13.0. The number of anilines is 2. The van der Waals surface area contributed by atoms with E-state index < -0.39 is 5.41 Å². The highest BCUT2D eigenvalue weighted by molar-refractivity contribution is 6.43. The number of esters is 1. The second kappa shape index (κ2) is 17.4. The normalized spacial score (nSPS) is 15.7. The summed E-state index contributed by atoms with van der Waals surface area (Å²) in [5.74, 6) is 0.451. The Hall–Kier alpha value is -2.48. The minimum absolute atomic E-state index is 0.0288. The zero-order valence-corrected chi connectivity index (χ0v) is 28.9. The maximum absolute atomic E-state index is 13.0. The molecule has 2 aliphatic rings. The van der Waals surface area contributed by atoms with Crippen LogP contribution in [-0.4, -0.2) is 62.8 Å². The molecule has 0 aromatic heterocycles. The highest BCUT2D eigenvalue weighted by atomic mass is 35.5. The minimum Gasteiger partial charge on any atom is -0.494 e. The van der Waals surface area contributed by atoms with Gasteiger partial charge in [0, 0.05) is 38.7 Å². The third-order valence-corrected chi connectivity index (χ3v) is 9.88. The number of amides is 1. The summed E-state index contributed by atoms with van der Waals surface area (Å²) in [5.41, 5.74) is 2.29. The molecule has 0 radical (unpaired) electrons. The standard InChI is InChI=1S/C36H51Cl2N3O4/c1-4-5-6-7-8-9-19-36(2,3)35(43)45-27-41-32-26-29(17-15-28(32)16-18-33(41)42)44-25-11-10-20-39-21-23-40(24-22-39)31-14-12-13-30(37)34(31)38/h12-15,17,26H,4-11,16,18-25,27H2,1-3H3. The number of aryl methyl sites for hydroxylation is 1. The molecule has 0 unspecified atom stereocenters. The van der Waals surface area contributed by atoms with Crippen molar-refractivity contribution in [1.29, 1.82) is 0 Å². The van der Waals surface area contributed by atoms with E-state index in [0.29, 0.717) is 29.5 Å². The predicted octanol–water partition coefficient (Wildman–Crippen LogP) is 8.53. The number of halogens is 2. The van der Waals surface area contributed by atoms with Gasteiger partial charge >= 0.3 is 5.97 Å². The lowest BCUT2D eigenvalue weighted by Gasteiger charge is -2.36. The van der Waals surface area contributed by atoms with Crippen LogP contribution in [0.1, 0.15) is 90.5 Å². The van der Waals surface area contributed by atoms with Gasteiger partial charge in [-0.15, -0.1) is 0 Å². The minimum atomic E-state index is -0.575. The van der Waals surface area contributed by atoms with Gasteiger partial charge in [-0.1, -0.05) is 80.8 Å². The van der Waals surface area contributed by atoms with E-state index in [1.165, 1.54) is 25.7 Å². The highest BCUT2D eigenvalue weighted by Gasteiger charge is 2.31. The number of unbranched alkanes of at least 4 members (excludes halogenated alkanes) is 6. The number of piperazine rings is 1. The summed E-state index contributed by atoms with van der Waals surface area (Å²) in [6.07, 6.45) is 11.0. The van der Waals surface area contributed by atoms with Crippen molar-refractivity contribution in [2.24, 2.45) is 5.41 Å². The first kappa shape index (κ1) is 35.4. The molecule has 1 amide bonds. The fourth-order valence-electron chi connectivity index (χ4n) is 6.09. The number of benzene rings is 2. The van der Waals surface area contributed by atoms with Crippen molar-refractivity contribution in [1.82, 2.24) is 4.90 Å². The Morgan fingerprint density at radius 3 is 2.42 bits per heavy atom. The maximum Gasteiger partial charge on any atom is 0.313 e. The Balaban J connectivity index is 1.19. The van der Waals surface area contributed by atoms with Crippen LogP contribution in [0.25, 0.3) is 0 Å². The van der Waals surface area contributed by atoms with Gasteiger partial charge in [0.2, 0.25) is 5.91 Å². The SMILES string of the molecule is CCCCCCCCC(C)(C)C(=O)OCN1C(=O)CCc2ccc(OCCCCN3CCN(c4cccc(Cl)c4Cl)CC3)cc21. The first-order chi connectivity index (χ1) is 21.7. The highest BCUT2D eigenvalue weighted by Crippen LogP contribution is 2.34. The van der Waals surface area contributed by atoms with Crippen LogP contribution in [0.5, 0.6) is 5.75 Å². The van der Waals surface area contributed by atoms with Crippen molar-refractivity contribution in [3.05, 3.63) is 52.0 Å². The Morgan fingerprint density at radius 1 is 0.889 bits per heavy atom. The van der Waals surface area contributed by atoms with Gasteiger partial charge in [0.1, 0.15) is 5.75 Å². The van der Waals surface area contributed by atoms with Crippen LogP contribution in [0.3, 0.4) is 0 Å². The zero-order chi connectivity index (χ0) is 32.2. The Kier molecular flexibility index (Phi) is 13.7. The van der Waals surface area contributed by atoms with Crippen LogP contribution in [0.15, 0.2) is 36.4 Å².